The van der Waals surface area contributed by atoms with Crippen molar-refractivity contribution < 1.29 is 30.0 Å². The summed E-state index contributed by atoms with van der Waals surface area (Å²) in [5, 5.41) is 41.4. The molecule has 0 amide bonds. The van der Waals surface area contributed by atoms with Crippen molar-refractivity contribution in [2.45, 2.75) is 64.1 Å². The van der Waals surface area contributed by atoms with Gasteiger partial charge >= 0.3 is 5.97 Å². The molecule has 0 bridgehead atoms. The lowest BCUT2D eigenvalue weighted by Crippen LogP contribution is -2.22. The number of benzene rings is 3. The smallest absolute Gasteiger partial charge is 0.307 e. The number of carboxylic acid groups (broad SMARTS) is 1. The lowest BCUT2D eigenvalue weighted by atomic mass is 9.99. The molecule has 7 heteroatoms. The number of aliphatic hydroxyl groups excluding tert-OH is 2. The molecular formula is C33H43NO6. The number of aromatic hydroxyl groups is 1. The van der Waals surface area contributed by atoms with E-state index in [1.54, 1.807) is 12.1 Å². The van der Waals surface area contributed by atoms with Crippen LogP contribution in [0.15, 0.2) is 66.7 Å². The molecule has 3 aromatic carbocycles. The molecule has 0 saturated heterocycles. The zero-order valence-electron chi connectivity index (χ0n) is 23.2. The van der Waals surface area contributed by atoms with Gasteiger partial charge in [0.25, 0.3) is 0 Å². The van der Waals surface area contributed by atoms with Gasteiger partial charge in [-0.15, -0.1) is 0 Å². The van der Waals surface area contributed by atoms with Crippen molar-refractivity contribution in [1.82, 2.24) is 5.32 Å². The van der Waals surface area contributed by atoms with Crippen molar-refractivity contribution >= 4 is 5.97 Å². The van der Waals surface area contributed by atoms with Gasteiger partial charge in [0.15, 0.2) is 0 Å². The maximum Gasteiger partial charge on any atom is 0.307 e. The van der Waals surface area contributed by atoms with Crippen molar-refractivity contribution in [3.8, 4) is 16.9 Å². The number of carboxylic acids is 1. The summed E-state index contributed by atoms with van der Waals surface area (Å²) >= 11 is 0. The van der Waals surface area contributed by atoms with E-state index in [0.717, 1.165) is 81.4 Å². The Morgan fingerprint density at radius 2 is 1.57 bits per heavy atom. The van der Waals surface area contributed by atoms with Gasteiger partial charge in [-0.3, -0.25) is 4.79 Å². The minimum absolute atomic E-state index is 0.0396. The molecule has 5 N–H and O–H groups in total. The Kier molecular flexibility index (Phi) is 13.7. The third-order valence-corrected chi connectivity index (χ3v) is 6.96. The Bertz CT molecular complexity index is 1160. The average molecular weight is 550 g/mol. The van der Waals surface area contributed by atoms with Crippen LogP contribution >= 0.6 is 0 Å². The molecule has 0 aromatic heterocycles. The Morgan fingerprint density at radius 1 is 0.825 bits per heavy atom. The number of hydrogen-bond donors (Lipinski definition) is 5. The number of aryl methyl sites for hydroxylation is 1. The molecule has 0 aliphatic rings. The lowest BCUT2D eigenvalue weighted by Gasteiger charge is -2.14. The van der Waals surface area contributed by atoms with E-state index >= 15 is 0 Å². The SMILES string of the molecule is O=C(O)Cc1ccc(-c2cccc(CCCCOCCCCCCNC[C@H](O)c3ccc(O)c(CO)c3)c2)cc1. The molecule has 0 spiro atoms. The van der Waals surface area contributed by atoms with Crippen molar-refractivity contribution in [2.75, 3.05) is 26.3 Å². The normalized spacial score (nSPS) is 11.9. The zero-order chi connectivity index (χ0) is 28.6. The Hall–Kier alpha value is -3.23. The van der Waals surface area contributed by atoms with Gasteiger partial charge in [-0.25, -0.2) is 0 Å². The van der Waals surface area contributed by atoms with E-state index in [9.17, 15) is 20.1 Å². The Morgan fingerprint density at radius 3 is 2.33 bits per heavy atom. The quantitative estimate of drug-likeness (QED) is 0.127. The number of carbonyl (C=O) groups is 1. The molecule has 3 aromatic rings. The molecule has 216 valence electrons. The first-order valence-electron chi connectivity index (χ1n) is 14.3. The first-order valence-corrected chi connectivity index (χ1v) is 14.3. The van der Waals surface area contributed by atoms with Crippen molar-refractivity contribution in [3.63, 3.8) is 0 Å². The molecule has 40 heavy (non-hydrogen) atoms. The second-order valence-electron chi connectivity index (χ2n) is 10.2. The number of ether oxygens (including phenoxy) is 1. The molecule has 0 aliphatic carbocycles. The third kappa shape index (κ3) is 11.1. The van der Waals surface area contributed by atoms with Crippen molar-refractivity contribution in [1.29, 1.82) is 0 Å². The van der Waals surface area contributed by atoms with Crippen LogP contribution in [-0.2, 0) is 29.0 Å². The minimum Gasteiger partial charge on any atom is -0.508 e. The van der Waals surface area contributed by atoms with E-state index in [1.807, 2.05) is 24.3 Å². The molecule has 1 atom stereocenters. The second kappa shape index (κ2) is 17.5. The van der Waals surface area contributed by atoms with Gasteiger partial charge in [0.2, 0.25) is 0 Å². The lowest BCUT2D eigenvalue weighted by molar-refractivity contribution is -0.136. The molecule has 7 nitrogen and oxygen atoms in total. The second-order valence-corrected chi connectivity index (χ2v) is 10.2. The van der Waals surface area contributed by atoms with Gasteiger partial charge in [-0.1, -0.05) is 67.4 Å². The summed E-state index contributed by atoms with van der Waals surface area (Å²) in [5.41, 5.74) is 5.45. The highest BCUT2D eigenvalue weighted by Crippen LogP contribution is 2.23. The van der Waals surface area contributed by atoms with E-state index in [-0.39, 0.29) is 18.8 Å². The number of rotatable bonds is 19. The fraction of sp³-hybridized carbons (Fsp3) is 0.424. The van der Waals surface area contributed by atoms with Crippen molar-refractivity contribution in [3.05, 3.63) is 89.0 Å². The van der Waals surface area contributed by atoms with Gasteiger partial charge in [0.05, 0.1) is 19.1 Å². The molecular weight excluding hydrogens is 506 g/mol. The number of unbranched alkanes of at least 4 members (excludes halogenated alkanes) is 4. The van der Waals surface area contributed by atoms with Crippen molar-refractivity contribution in [2.24, 2.45) is 0 Å². The zero-order valence-corrected chi connectivity index (χ0v) is 23.2. The standard InChI is InChI=1S/C33H43NO6/c35-24-30-22-29(15-16-31(30)36)32(37)23-34-17-4-1-2-5-18-40-19-6-3-8-25-9-7-10-28(20-25)27-13-11-26(12-14-27)21-33(38)39/h7,9-16,20,22,32,34-37H,1-6,8,17-19,21,23-24H2,(H,38,39)/t32-/m0/s1. The predicted octanol–water partition coefficient (Wildman–Crippen LogP) is 5.40. The van der Waals surface area contributed by atoms with E-state index in [2.05, 4.69) is 29.6 Å². The summed E-state index contributed by atoms with van der Waals surface area (Å²) in [4.78, 5) is 10.9. The summed E-state index contributed by atoms with van der Waals surface area (Å²) in [6.07, 6.45) is 6.79. The van der Waals surface area contributed by atoms with Crippen LogP contribution in [0.1, 0.15) is 66.9 Å². The monoisotopic (exact) mass is 549 g/mol. The topological polar surface area (TPSA) is 119 Å². The maximum absolute atomic E-state index is 10.9. The summed E-state index contributed by atoms with van der Waals surface area (Å²) < 4.78 is 5.81. The summed E-state index contributed by atoms with van der Waals surface area (Å²) in [7, 11) is 0. The number of phenols is 1. The van der Waals surface area contributed by atoms with Gasteiger partial charge in [-0.05, 0) is 78.6 Å². The molecule has 3 rings (SSSR count). The average Bonchev–Trinajstić information content (AvgIpc) is 2.96. The van der Waals surface area contributed by atoms with Crippen LogP contribution in [-0.4, -0.2) is 52.7 Å². The molecule has 0 radical (unpaired) electrons. The highest BCUT2D eigenvalue weighted by atomic mass is 16.5. The minimum atomic E-state index is -0.816. The van der Waals surface area contributed by atoms with E-state index in [4.69, 9.17) is 9.84 Å². The highest BCUT2D eigenvalue weighted by molar-refractivity contribution is 5.71. The number of aliphatic carboxylic acids is 1. The predicted molar refractivity (Wildman–Crippen MR) is 157 cm³/mol. The molecule has 0 unspecified atom stereocenters. The number of hydrogen-bond acceptors (Lipinski definition) is 6. The Balaban J connectivity index is 1.18. The fourth-order valence-electron chi connectivity index (χ4n) is 4.64. The number of nitrogens with one attached hydrogen (secondary N) is 1. The van der Waals surface area contributed by atoms with Crippen LogP contribution in [0.3, 0.4) is 0 Å². The van der Waals surface area contributed by atoms with Gasteiger partial charge in [-0.2, -0.15) is 0 Å². The first-order chi connectivity index (χ1) is 19.5. The van der Waals surface area contributed by atoms with Crippen LogP contribution in [0.2, 0.25) is 0 Å². The maximum atomic E-state index is 10.9. The third-order valence-electron chi connectivity index (χ3n) is 6.96. The summed E-state index contributed by atoms with van der Waals surface area (Å²) in [5.74, 6) is -0.777. The summed E-state index contributed by atoms with van der Waals surface area (Å²) in [6.45, 7) is 2.58. The van der Waals surface area contributed by atoms with Gasteiger partial charge < -0.3 is 30.5 Å². The van der Waals surface area contributed by atoms with Gasteiger partial charge in [0.1, 0.15) is 5.75 Å². The molecule has 0 fully saturated rings. The van der Waals surface area contributed by atoms with Gasteiger partial charge in [0, 0.05) is 25.3 Å². The largest absolute Gasteiger partial charge is 0.508 e. The van der Waals surface area contributed by atoms with Crippen LogP contribution < -0.4 is 5.32 Å². The Labute approximate surface area is 237 Å². The van der Waals surface area contributed by atoms with E-state index in [0.29, 0.717) is 17.7 Å². The van der Waals surface area contributed by atoms with Crippen LogP contribution in [0.4, 0.5) is 0 Å². The fourth-order valence-corrected chi connectivity index (χ4v) is 4.64. The van der Waals surface area contributed by atoms with E-state index < -0.39 is 12.1 Å². The highest BCUT2D eigenvalue weighted by Gasteiger charge is 2.10. The van der Waals surface area contributed by atoms with E-state index in [1.165, 1.54) is 11.6 Å². The van der Waals surface area contributed by atoms with Crippen LogP contribution in [0.25, 0.3) is 11.1 Å². The molecule has 0 aliphatic heterocycles. The van der Waals surface area contributed by atoms with Crippen LogP contribution in [0, 0.1) is 0 Å². The summed E-state index contributed by atoms with van der Waals surface area (Å²) in [6, 6.07) is 21.1. The molecule has 0 heterocycles. The first kappa shape index (κ1) is 31.3. The number of aliphatic hydroxyl groups is 2. The molecule has 0 saturated carbocycles. The van der Waals surface area contributed by atoms with Crippen LogP contribution in [0.5, 0.6) is 5.75 Å².